The number of H-pyrrole nitrogens is 1. The minimum absolute atomic E-state index is 0.230. The minimum Gasteiger partial charge on any atom is -0.336 e. The van der Waals surface area contributed by atoms with Crippen molar-refractivity contribution in [1.82, 2.24) is 15.0 Å². The monoisotopic (exact) mass is 323 g/mol. The molecule has 3 nitrogen and oxygen atoms in total. The van der Waals surface area contributed by atoms with E-state index >= 15 is 0 Å². The Morgan fingerprint density at radius 2 is 1.95 bits per heavy atom. The van der Waals surface area contributed by atoms with Crippen molar-refractivity contribution < 1.29 is 8.78 Å². The van der Waals surface area contributed by atoms with Crippen LogP contribution in [0.15, 0.2) is 28.9 Å². The normalized spacial score (nSPS) is 11.2. The molecule has 2 heterocycles. The zero-order valence-corrected chi connectivity index (χ0v) is 11.4. The van der Waals surface area contributed by atoms with Gasteiger partial charge in [0.15, 0.2) is 5.65 Å². The predicted octanol–water partition coefficient (Wildman–Crippen LogP) is 3.97. The summed E-state index contributed by atoms with van der Waals surface area (Å²) in [5, 5.41) is 0. The first-order valence-electron chi connectivity index (χ1n) is 5.52. The number of pyridine rings is 1. The van der Waals surface area contributed by atoms with Crippen LogP contribution < -0.4 is 0 Å². The van der Waals surface area contributed by atoms with Crippen LogP contribution in [0.2, 0.25) is 0 Å². The molecule has 96 valence electrons. The van der Waals surface area contributed by atoms with E-state index in [0.29, 0.717) is 22.6 Å². The van der Waals surface area contributed by atoms with E-state index in [2.05, 4.69) is 30.9 Å². The van der Waals surface area contributed by atoms with E-state index in [1.165, 1.54) is 6.07 Å². The summed E-state index contributed by atoms with van der Waals surface area (Å²) in [5.74, 6) is -0.888. The van der Waals surface area contributed by atoms with E-state index in [9.17, 15) is 8.78 Å². The number of rotatable bonds is 1. The Hall–Kier alpha value is -1.82. The number of aromatic nitrogens is 3. The molecule has 0 unspecified atom stereocenters. The number of halogens is 3. The summed E-state index contributed by atoms with van der Waals surface area (Å²) >= 11 is 3.30. The third-order valence-electron chi connectivity index (χ3n) is 2.81. The highest BCUT2D eigenvalue weighted by molar-refractivity contribution is 9.10. The van der Waals surface area contributed by atoms with Crippen molar-refractivity contribution in [2.45, 2.75) is 6.92 Å². The fourth-order valence-electron chi connectivity index (χ4n) is 1.84. The lowest BCUT2D eigenvalue weighted by Gasteiger charge is -2.02. The molecule has 0 aliphatic carbocycles. The van der Waals surface area contributed by atoms with E-state index in [0.717, 1.165) is 10.5 Å². The Labute approximate surface area is 115 Å². The topological polar surface area (TPSA) is 41.6 Å². The second-order valence-corrected chi connectivity index (χ2v) is 5.11. The number of fused-ring (bicyclic) bond motifs is 1. The van der Waals surface area contributed by atoms with Gasteiger partial charge in [-0.05, 0) is 40.5 Å². The van der Waals surface area contributed by atoms with E-state index in [1.54, 1.807) is 19.2 Å². The van der Waals surface area contributed by atoms with Crippen molar-refractivity contribution in [2.24, 2.45) is 0 Å². The molecule has 19 heavy (non-hydrogen) atoms. The molecular weight excluding hydrogens is 316 g/mol. The molecule has 6 heteroatoms. The van der Waals surface area contributed by atoms with E-state index in [1.807, 2.05) is 0 Å². The van der Waals surface area contributed by atoms with Gasteiger partial charge in [-0.2, -0.15) is 0 Å². The molecule has 1 aromatic carbocycles. The summed E-state index contributed by atoms with van der Waals surface area (Å²) in [6, 6.07) is 4.09. The maximum absolute atomic E-state index is 13.8. The number of hydrogen-bond acceptors (Lipinski definition) is 2. The molecule has 3 aromatic rings. The molecule has 0 radical (unpaired) electrons. The van der Waals surface area contributed by atoms with Gasteiger partial charge in [-0.15, -0.1) is 0 Å². The predicted molar refractivity (Wildman–Crippen MR) is 71.7 cm³/mol. The Balaban J connectivity index is 2.21. The number of aromatic amines is 1. The van der Waals surface area contributed by atoms with Gasteiger partial charge >= 0.3 is 0 Å². The van der Waals surface area contributed by atoms with E-state index < -0.39 is 11.6 Å². The van der Waals surface area contributed by atoms with Gasteiger partial charge in [0.1, 0.15) is 17.5 Å². The van der Waals surface area contributed by atoms with Crippen molar-refractivity contribution in [2.75, 3.05) is 0 Å². The largest absolute Gasteiger partial charge is 0.336 e. The van der Waals surface area contributed by atoms with Crippen LogP contribution >= 0.6 is 15.9 Å². The second-order valence-electron chi connectivity index (χ2n) is 4.19. The van der Waals surface area contributed by atoms with Crippen molar-refractivity contribution >= 4 is 27.1 Å². The molecule has 0 aliphatic heterocycles. The number of hydrogen-bond donors (Lipinski definition) is 1. The molecule has 0 saturated carbocycles. The fraction of sp³-hybridized carbons (Fsp3) is 0.0769. The van der Waals surface area contributed by atoms with Gasteiger partial charge in [-0.25, -0.2) is 18.7 Å². The number of nitrogens with zero attached hydrogens (tertiary/aromatic N) is 2. The van der Waals surface area contributed by atoms with Crippen LogP contribution in [0.4, 0.5) is 8.78 Å². The molecule has 0 aliphatic rings. The first kappa shape index (κ1) is 12.2. The lowest BCUT2D eigenvalue weighted by Crippen LogP contribution is -1.91. The van der Waals surface area contributed by atoms with Crippen LogP contribution in [0.3, 0.4) is 0 Å². The van der Waals surface area contributed by atoms with Crippen LogP contribution in [-0.2, 0) is 0 Å². The molecule has 3 rings (SSSR count). The first-order chi connectivity index (χ1) is 9.04. The van der Waals surface area contributed by atoms with Crippen LogP contribution in [0, 0.1) is 18.6 Å². The summed E-state index contributed by atoms with van der Waals surface area (Å²) in [6.07, 6.45) is 1.61. The number of imidazole rings is 1. The molecule has 0 amide bonds. The van der Waals surface area contributed by atoms with Gasteiger partial charge in [0.05, 0.1) is 11.1 Å². The third kappa shape index (κ3) is 2.12. The van der Waals surface area contributed by atoms with Crippen LogP contribution in [-0.4, -0.2) is 15.0 Å². The van der Waals surface area contributed by atoms with Crippen LogP contribution in [0.1, 0.15) is 5.56 Å². The third-order valence-corrected chi connectivity index (χ3v) is 3.24. The highest BCUT2D eigenvalue weighted by Gasteiger charge is 2.13. The summed E-state index contributed by atoms with van der Waals surface area (Å²) in [4.78, 5) is 11.3. The summed E-state index contributed by atoms with van der Waals surface area (Å²) in [5.41, 5.74) is 1.77. The standard InChI is InChI=1S/C13H8BrF2N3/c1-6-2-8(10(16)4-9(6)15)12-18-11-3-7(14)5-17-13(11)19-12/h2-5H,1H3,(H,17,18,19). The van der Waals surface area contributed by atoms with Crippen molar-refractivity contribution in [1.29, 1.82) is 0 Å². The maximum atomic E-state index is 13.8. The zero-order chi connectivity index (χ0) is 13.6. The lowest BCUT2D eigenvalue weighted by molar-refractivity contribution is 0.579. The maximum Gasteiger partial charge on any atom is 0.178 e. The number of aryl methyl sites for hydroxylation is 1. The van der Waals surface area contributed by atoms with Gasteiger partial charge in [0.2, 0.25) is 0 Å². The average molecular weight is 324 g/mol. The highest BCUT2D eigenvalue weighted by atomic mass is 79.9. The first-order valence-corrected chi connectivity index (χ1v) is 6.31. The minimum atomic E-state index is -0.652. The fourth-order valence-corrected chi connectivity index (χ4v) is 2.17. The molecule has 0 bridgehead atoms. The Morgan fingerprint density at radius 3 is 2.74 bits per heavy atom. The molecule has 0 spiro atoms. The van der Waals surface area contributed by atoms with Crippen molar-refractivity contribution in [3.8, 4) is 11.4 Å². The van der Waals surface area contributed by atoms with Crippen LogP contribution in [0.25, 0.3) is 22.6 Å². The smallest absolute Gasteiger partial charge is 0.178 e. The average Bonchev–Trinajstić information content (AvgIpc) is 2.76. The van der Waals surface area contributed by atoms with Crippen molar-refractivity contribution in [3.63, 3.8) is 0 Å². The SMILES string of the molecule is Cc1cc(-c2nc3ncc(Br)cc3[nH]2)c(F)cc1F. The van der Waals surface area contributed by atoms with E-state index in [-0.39, 0.29) is 5.56 Å². The molecule has 0 saturated heterocycles. The highest BCUT2D eigenvalue weighted by Crippen LogP contribution is 2.25. The van der Waals surface area contributed by atoms with Gasteiger partial charge in [-0.3, -0.25) is 0 Å². The Bertz CT molecular complexity index is 783. The summed E-state index contributed by atoms with van der Waals surface area (Å²) < 4.78 is 27.8. The quantitative estimate of drug-likeness (QED) is 0.736. The molecular formula is C13H8BrF2N3. The zero-order valence-electron chi connectivity index (χ0n) is 9.84. The lowest BCUT2D eigenvalue weighted by atomic mass is 10.1. The van der Waals surface area contributed by atoms with Gasteiger partial charge in [0.25, 0.3) is 0 Å². The summed E-state index contributed by atoms with van der Waals surface area (Å²) in [7, 11) is 0. The summed E-state index contributed by atoms with van der Waals surface area (Å²) in [6.45, 7) is 1.58. The van der Waals surface area contributed by atoms with Crippen LogP contribution in [0.5, 0.6) is 0 Å². The van der Waals surface area contributed by atoms with Gasteiger partial charge < -0.3 is 4.98 Å². The molecule has 1 N–H and O–H groups in total. The molecule has 0 fully saturated rings. The second kappa shape index (κ2) is 4.38. The van der Waals surface area contributed by atoms with Crippen molar-refractivity contribution in [3.05, 3.63) is 46.1 Å². The van der Waals surface area contributed by atoms with E-state index in [4.69, 9.17) is 0 Å². The van der Waals surface area contributed by atoms with Gasteiger partial charge in [0, 0.05) is 16.7 Å². The number of benzene rings is 1. The Morgan fingerprint density at radius 1 is 1.16 bits per heavy atom. The molecule has 2 aromatic heterocycles. The molecule has 0 atom stereocenters. The Kier molecular flexibility index (Phi) is 2.82. The van der Waals surface area contributed by atoms with Gasteiger partial charge in [-0.1, -0.05) is 0 Å². The number of nitrogens with one attached hydrogen (secondary N) is 1.